The van der Waals surface area contributed by atoms with E-state index >= 15 is 0 Å². The van der Waals surface area contributed by atoms with E-state index in [0.717, 1.165) is 10.5 Å². The number of nitrogens with zero attached hydrogens (tertiary/aromatic N) is 1. The maximum absolute atomic E-state index is 14.2. The summed E-state index contributed by atoms with van der Waals surface area (Å²) in [6.45, 7) is 11.1. The molecule has 3 atom stereocenters. The highest BCUT2D eigenvalue weighted by atomic mass is 16.6. The summed E-state index contributed by atoms with van der Waals surface area (Å²) in [4.78, 5) is 67.0. The van der Waals surface area contributed by atoms with Crippen LogP contribution in [0.2, 0.25) is 0 Å². The highest BCUT2D eigenvalue weighted by Gasteiger charge is 2.41. The van der Waals surface area contributed by atoms with Crippen LogP contribution in [0, 0.1) is 17.8 Å². The van der Waals surface area contributed by atoms with Crippen molar-refractivity contribution in [1.29, 1.82) is 0 Å². The number of imide groups is 1. The van der Waals surface area contributed by atoms with Gasteiger partial charge in [-0.25, -0.2) is 14.5 Å². The molecular weight excluding hydrogens is 562 g/mol. The Bertz CT molecular complexity index is 1200. The highest BCUT2D eigenvalue weighted by molar-refractivity contribution is 6.01. The van der Waals surface area contributed by atoms with Crippen LogP contribution in [0.4, 0.5) is 9.59 Å². The third-order valence-electron chi connectivity index (χ3n) is 6.68. The van der Waals surface area contributed by atoms with Gasteiger partial charge in [-0.15, -0.1) is 0 Å². The third-order valence-corrected chi connectivity index (χ3v) is 6.68. The van der Waals surface area contributed by atoms with E-state index in [1.165, 1.54) is 0 Å². The van der Waals surface area contributed by atoms with Gasteiger partial charge in [-0.2, -0.15) is 0 Å². The molecule has 4 amide bonds. The van der Waals surface area contributed by atoms with Crippen molar-refractivity contribution >= 4 is 30.3 Å². The molecule has 10 heteroatoms. The number of ether oxygens (including phenoxy) is 2. The zero-order valence-electron chi connectivity index (χ0n) is 26.7. The van der Waals surface area contributed by atoms with E-state index in [1.54, 1.807) is 36.4 Å². The number of carbonyl (C=O) groups excluding carboxylic acids is 5. The number of amides is 4. The number of aldehydes is 1. The lowest BCUT2D eigenvalue weighted by Crippen LogP contribution is -2.59. The van der Waals surface area contributed by atoms with Crippen LogP contribution in [0.1, 0.15) is 71.9 Å². The molecule has 0 fully saturated rings. The lowest BCUT2D eigenvalue weighted by molar-refractivity contribution is -0.141. The third kappa shape index (κ3) is 12.6. The predicted octanol–water partition coefficient (Wildman–Crippen LogP) is 5.64. The molecular formula is C34H47N3O7. The average Bonchev–Trinajstić information content (AvgIpc) is 2.98. The summed E-state index contributed by atoms with van der Waals surface area (Å²) in [5.41, 5.74) is 1.46. The minimum absolute atomic E-state index is 0.0145. The van der Waals surface area contributed by atoms with E-state index < -0.39 is 42.1 Å². The number of hydrogen-bond donors (Lipinski definition) is 2. The first kappa shape index (κ1) is 36.0. The summed E-state index contributed by atoms with van der Waals surface area (Å²) < 4.78 is 10.9. The maximum atomic E-state index is 14.2. The molecule has 2 aromatic carbocycles. The Morgan fingerprint density at radius 2 is 1.20 bits per heavy atom. The Hall–Kier alpha value is -4.21. The highest BCUT2D eigenvalue weighted by Crippen LogP contribution is 2.19. The fourth-order valence-corrected chi connectivity index (χ4v) is 4.64. The predicted molar refractivity (Wildman–Crippen MR) is 167 cm³/mol. The lowest BCUT2D eigenvalue weighted by atomic mass is 9.97. The summed E-state index contributed by atoms with van der Waals surface area (Å²) >= 11 is 0. The van der Waals surface area contributed by atoms with Gasteiger partial charge in [0.15, 0.2) is 0 Å². The van der Waals surface area contributed by atoms with Gasteiger partial charge >= 0.3 is 12.2 Å². The van der Waals surface area contributed by atoms with E-state index in [4.69, 9.17) is 9.47 Å². The van der Waals surface area contributed by atoms with E-state index in [0.29, 0.717) is 18.3 Å². The number of carbonyl (C=O) groups is 5. The number of benzene rings is 2. The SMILES string of the molecule is CC(C)C[C@@H](C=O)NC(=O)[C@H](CC(C)C)N(C(=O)OCc1ccccc1)C(=O)[C@H](CC(C)C)NC(=O)OCc1ccccc1. The van der Waals surface area contributed by atoms with E-state index in [-0.39, 0.29) is 43.8 Å². The zero-order valence-corrected chi connectivity index (χ0v) is 26.7. The fourth-order valence-electron chi connectivity index (χ4n) is 4.64. The molecule has 10 nitrogen and oxygen atoms in total. The van der Waals surface area contributed by atoms with Crippen molar-refractivity contribution in [2.24, 2.45) is 17.8 Å². The van der Waals surface area contributed by atoms with Crippen LogP contribution in [0.5, 0.6) is 0 Å². The second-order valence-corrected chi connectivity index (χ2v) is 12.2. The van der Waals surface area contributed by atoms with E-state index in [1.807, 2.05) is 65.8 Å². The normalized spacial score (nSPS) is 13.1. The number of rotatable bonds is 16. The van der Waals surface area contributed by atoms with Crippen LogP contribution < -0.4 is 10.6 Å². The Morgan fingerprint density at radius 1 is 0.705 bits per heavy atom. The Balaban J connectivity index is 2.41. The summed E-state index contributed by atoms with van der Waals surface area (Å²) in [5, 5.41) is 5.31. The van der Waals surface area contributed by atoms with Crippen molar-refractivity contribution in [2.75, 3.05) is 0 Å². The van der Waals surface area contributed by atoms with Gasteiger partial charge < -0.3 is 24.9 Å². The van der Waals surface area contributed by atoms with Crippen molar-refractivity contribution in [2.45, 2.75) is 92.1 Å². The van der Waals surface area contributed by atoms with Gasteiger partial charge in [-0.3, -0.25) is 9.59 Å². The molecule has 2 N–H and O–H groups in total. The van der Waals surface area contributed by atoms with Gasteiger partial charge in [0.1, 0.15) is 31.6 Å². The van der Waals surface area contributed by atoms with Gasteiger partial charge in [-0.1, -0.05) is 102 Å². The quantitative estimate of drug-likeness (QED) is 0.236. The average molecular weight is 610 g/mol. The largest absolute Gasteiger partial charge is 0.445 e. The molecule has 0 unspecified atom stereocenters. The molecule has 2 aromatic rings. The molecule has 2 rings (SSSR count). The van der Waals surface area contributed by atoms with Crippen molar-refractivity contribution in [3.05, 3.63) is 71.8 Å². The molecule has 0 aliphatic carbocycles. The van der Waals surface area contributed by atoms with Gasteiger partial charge in [0.05, 0.1) is 6.04 Å². The molecule has 0 spiro atoms. The van der Waals surface area contributed by atoms with Crippen molar-refractivity contribution in [1.82, 2.24) is 15.5 Å². The standard InChI is InChI=1S/C34H47N3O7/c1-23(2)17-28(20-38)35-31(39)30(19-25(5)6)37(34(42)44-22-27-15-11-8-12-16-27)32(40)29(18-24(3)4)36-33(41)43-21-26-13-9-7-10-14-26/h7-16,20,23-25,28-30H,17-19,21-22H2,1-6H3,(H,35,39)(H,36,41)/t28-,29-,30-/m0/s1. The zero-order chi connectivity index (χ0) is 32.6. The van der Waals surface area contributed by atoms with E-state index in [2.05, 4.69) is 10.6 Å². The molecule has 0 radical (unpaired) electrons. The minimum atomic E-state index is -1.29. The topological polar surface area (TPSA) is 131 Å². The molecule has 0 aliphatic rings. The smallest absolute Gasteiger partial charge is 0.417 e. The van der Waals surface area contributed by atoms with Crippen LogP contribution in [0.25, 0.3) is 0 Å². The molecule has 0 aliphatic heterocycles. The number of nitrogens with one attached hydrogen (secondary N) is 2. The molecule has 0 saturated carbocycles. The number of alkyl carbamates (subject to hydrolysis) is 1. The van der Waals surface area contributed by atoms with Crippen LogP contribution in [0.15, 0.2) is 60.7 Å². The molecule has 44 heavy (non-hydrogen) atoms. The van der Waals surface area contributed by atoms with Gasteiger partial charge in [0.2, 0.25) is 5.91 Å². The Kier molecular flexibility index (Phi) is 15.1. The van der Waals surface area contributed by atoms with Crippen LogP contribution in [-0.4, -0.2) is 53.3 Å². The van der Waals surface area contributed by atoms with Crippen molar-refractivity contribution < 1.29 is 33.4 Å². The minimum Gasteiger partial charge on any atom is -0.445 e. The Labute approximate surface area is 260 Å². The molecule has 240 valence electrons. The van der Waals surface area contributed by atoms with Crippen LogP contribution in [0.3, 0.4) is 0 Å². The molecule has 0 aromatic heterocycles. The van der Waals surface area contributed by atoms with Gasteiger partial charge in [0.25, 0.3) is 5.91 Å². The summed E-state index contributed by atoms with van der Waals surface area (Å²) in [7, 11) is 0. The fraction of sp³-hybridized carbons (Fsp3) is 0.500. The second-order valence-electron chi connectivity index (χ2n) is 12.2. The first-order valence-corrected chi connectivity index (χ1v) is 15.2. The van der Waals surface area contributed by atoms with E-state index in [9.17, 15) is 24.0 Å². The first-order valence-electron chi connectivity index (χ1n) is 15.2. The molecule has 0 heterocycles. The van der Waals surface area contributed by atoms with Crippen LogP contribution >= 0.6 is 0 Å². The van der Waals surface area contributed by atoms with Crippen molar-refractivity contribution in [3.8, 4) is 0 Å². The van der Waals surface area contributed by atoms with Gasteiger partial charge in [0, 0.05) is 0 Å². The summed E-state index contributed by atoms with van der Waals surface area (Å²) in [5.74, 6) is -1.53. The van der Waals surface area contributed by atoms with Gasteiger partial charge in [-0.05, 0) is 48.1 Å². The summed E-state index contributed by atoms with van der Waals surface area (Å²) in [6, 6.07) is 14.7. The Morgan fingerprint density at radius 3 is 1.68 bits per heavy atom. The maximum Gasteiger partial charge on any atom is 0.417 e. The molecule has 0 saturated heterocycles. The monoisotopic (exact) mass is 609 g/mol. The second kappa shape index (κ2) is 18.5. The number of hydrogen-bond acceptors (Lipinski definition) is 7. The first-order chi connectivity index (χ1) is 20.9. The summed E-state index contributed by atoms with van der Waals surface area (Å²) in [6.07, 6.45) is -0.551. The lowest BCUT2D eigenvalue weighted by Gasteiger charge is -2.33. The van der Waals surface area contributed by atoms with Crippen LogP contribution in [-0.2, 0) is 37.1 Å². The molecule has 0 bridgehead atoms. The van der Waals surface area contributed by atoms with Crippen molar-refractivity contribution in [3.63, 3.8) is 0 Å².